The van der Waals surface area contributed by atoms with Gasteiger partial charge in [-0.05, 0) is 42.5 Å². The van der Waals surface area contributed by atoms with Crippen LogP contribution < -0.4 is 0 Å². The van der Waals surface area contributed by atoms with E-state index in [0.29, 0.717) is 16.4 Å². The lowest BCUT2D eigenvalue weighted by atomic mass is 10.2. The molecule has 0 aliphatic heterocycles. The molecule has 0 aliphatic rings. The van der Waals surface area contributed by atoms with Crippen LogP contribution in [0.3, 0.4) is 0 Å². The monoisotopic (exact) mass is 392 g/mol. The van der Waals surface area contributed by atoms with Gasteiger partial charge < -0.3 is 9.26 Å². The summed E-state index contributed by atoms with van der Waals surface area (Å²) in [6, 6.07) is 14.0. The first-order chi connectivity index (χ1) is 11.1. The van der Waals surface area contributed by atoms with Crippen LogP contribution in [0.25, 0.3) is 11.4 Å². The molecule has 2 aromatic carbocycles. The first-order valence-electron chi connectivity index (χ1n) is 6.63. The molecule has 0 bridgehead atoms. The SMILES string of the molecule is O=C(OCc1nc(-c2ccc(Br)cc2)no1)c1cccc(Cl)c1. The van der Waals surface area contributed by atoms with E-state index in [2.05, 4.69) is 26.1 Å². The van der Waals surface area contributed by atoms with Crippen molar-refractivity contribution in [2.75, 3.05) is 0 Å². The van der Waals surface area contributed by atoms with Crippen LogP contribution in [-0.2, 0) is 11.3 Å². The molecule has 0 fully saturated rings. The lowest BCUT2D eigenvalue weighted by Gasteiger charge is -2.01. The van der Waals surface area contributed by atoms with Crippen LogP contribution in [0.4, 0.5) is 0 Å². The molecule has 0 atom stereocenters. The van der Waals surface area contributed by atoms with Gasteiger partial charge in [-0.3, -0.25) is 0 Å². The Labute approximate surface area is 145 Å². The summed E-state index contributed by atoms with van der Waals surface area (Å²) in [6.07, 6.45) is 0. The number of carbonyl (C=O) groups excluding carboxylic acids is 1. The number of rotatable bonds is 4. The molecule has 0 amide bonds. The molecule has 3 aromatic rings. The summed E-state index contributed by atoms with van der Waals surface area (Å²) in [5.74, 6) is 0.153. The van der Waals surface area contributed by atoms with Crippen LogP contribution in [0, 0.1) is 0 Å². The van der Waals surface area contributed by atoms with E-state index in [0.717, 1.165) is 10.0 Å². The van der Waals surface area contributed by atoms with Crippen molar-refractivity contribution in [2.45, 2.75) is 6.61 Å². The van der Waals surface area contributed by atoms with Gasteiger partial charge >= 0.3 is 5.97 Å². The zero-order valence-corrected chi connectivity index (χ0v) is 14.0. The molecule has 0 saturated carbocycles. The second kappa shape index (κ2) is 6.93. The van der Waals surface area contributed by atoms with Crippen molar-refractivity contribution in [3.05, 3.63) is 69.5 Å². The maximum atomic E-state index is 11.9. The fourth-order valence-corrected chi connectivity index (χ4v) is 2.31. The van der Waals surface area contributed by atoms with E-state index in [1.807, 2.05) is 24.3 Å². The molecule has 7 heteroatoms. The molecule has 116 valence electrons. The largest absolute Gasteiger partial charge is 0.452 e. The normalized spacial score (nSPS) is 10.5. The number of nitrogens with zero attached hydrogens (tertiary/aromatic N) is 2. The quantitative estimate of drug-likeness (QED) is 0.610. The molecular weight excluding hydrogens is 384 g/mol. The summed E-state index contributed by atoms with van der Waals surface area (Å²) in [5.41, 5.74) is 1.18. The number of carbonyl (C=O) groups is 1. The smallest absolute Gasteiger partial charge is 0.338 e. The number of esters is 1. The first kappa shape index (κ1) is 15.7. The molecule has 23 heavy (non-hydrogen) atoms. The van der Waals surface area contributed by atoms with E-state index in [1.54, 1.807) is 18.2 Å². The number of aromatic nitrogens is 2. The minimum atomic E-state index is -0.504. The standard InChI is InChI=1S/C16H10BrClN2O3/c17-12-6-4-10(5-7-12)15-19-14(23-20-15)9-22-16(21)11-2-1-3-13(18)8-11/h1-8H,9H2. The fourth-order valence-electron chi connectivity index (χ4n) is 1.86. The average molecular weight is 394 g/mol. The van der Waals surface area contributed by atoms with E-state index in [-0.39, 0.29) is 12.5 Å². The van der Waals surface area contributed by atoms with E-state index in [9.17, 15) is 4.79 Å². The molecule has 1 heterocycles. The maximum Gasteiger partial charge on any atom is 0.338 e. The topological polar surface area (TPSA) is 65.2 Å². The van der Waals surface area contributed by atoms with Gasteiger partial charge in [0.1, 0.15) is 0 Å². The molecule has 0 radical (unpaired) electrons. The Bertz CT molecular complexity index is 833. The molecule has 3 rings (SSSR count). The lowest BCUT2D eigenvalue weighted by molar-refractivity contribution is 0.0430. The Kier molecular flexibility index (Phi) is 4.73. The zero-order chi connectivity index (χ0) is 16.2. The van der Waals surface area contributed by atoms with Gasteiger partial charge in [0.2, 0.25) is 5.82 Å². The summed E-state index contributed by atoms with van der Waals surface area (Å²) >= 11 is 9.20. The second-order valence-electron chi connectivity index (χ2n) is 4.61. The third kappa shape index (κ3) is 3.97. The van der Waals surface area contributed by atoms with Gasteiger partial charge in [-0.15, -0.1) is 0 Å². The summed E-state index contributed by atoms with van der Waals surface area (Å²) in [5, 5.41) is 4.33. The van der Waals surface area contributed by atoms with Crippen LogP contribution in [0.1, 0.15) is 16.2 Å². The Hall–Kier alpha value is -2.18. The number of hydrogen-bond donors (Lipinski definition) is 0. The van der Waals surface area contributed by atoms with E-state index < -0.39 is 5.97 Å². The highest BCUT2D eigenvalue weighted by molar-refractivity contribution is 9.10. The fraction of sp³-hybridized carbons (Fsp3) is 0.0625. The lowest BCUT2D eigenvalue weighted by Crippen LogP contribution is -2.05. The highest BCUT2D eigenvalue weighted by Crippen LogP contribution is 2.19. The van der Waals surface area contributed by atoms with Crippen LogP contribution in [-0.4, -0.2) is 16.1 Å². The van der Waals surface area contributed by atoms with Crippen molar-refractivity contribution in [3.8, 4) is 11.4 Å². The van der Waals surface area contributed by atoms with Gasteiger partial charge in [0, 0.05) is 15.1 Å². The molecule has 0 N–H and O–H groups in total. The third-order valence-corrected chi connectivity index (χ3v) is 3.72. The number of ether oxygens (including phenoxy) is 1. The van der Waals surface area contributed by atoms with Crippen LogP contribution in [0.5, 0.6) is 0 Å². The Balaban J connectivity index is 1.65. The van der Waals surface area contributed by atoms with E-state index in [4.69, 9.17) is 20.9 Å². The minimum absolute atomic E-state index is 0.102. The van der Waals surface area contributed by atoms with Gasteiger partial charge in [-0.2, -0.15) is 4.98 Å². The molecular formula is C16H10BrClN2O3. The van der Waals surface area contributed by atoms with Crippen molar-refractivity contribution in [2.24, 2.45) is 0 Å². The summed E-state index contributed by atoms with van der Waals surface area (Å²) in [6.45, 7) is -0.102. The van der Waals surface area contributed by atoms with Gasteiger partial charge in [0.25, 0.3) is 5.89 Å². The highest BCUT2D eigenvalue weighted by Gasteiger charge is 2.12. The number of benzene rings is 2. The summed E-state index contributed by atoms with van der Waals surface area (Å²) in [7, 11) is 0. The number of halogens is 2. The van der Waals surface area contributed by atoms with Crippen molar-refractivity contribution in [3.63, 3.8) is 0 Å². The molecule has 5 nitrogen and oxygen atoms in total. The van der Waals surface area contributed by atoms with Gasteiger partial charge in [-0.25, -0.2) is 4.79 Å². The van der Waals surface area contributed by atoms with E-state index >= 15 is 0 Å². The van der Waals surface area contributed by atoms with Crippen LogP contribution in [0.15, 0.2) is 57.5 Å². The molecule has 0 aliphatic carbocycles. The van der Waals surface area contributed by atoms with Crippen LogP contribution in [0.2, 0.25) is 5.02 Å². The van der Waals surface area contributed by atoms with E-state index in [1.165, 1.54) is 6.07 Å². The van der Waals surface area contributed by atoms with Gasteiger partial charge in [0.15, 0.2) is 6.61 Å². The molecule has 0 unspecified atom stereocenters. The first-order valence-corrected chi connectivity index (χ1v) is 7.80. The second-order valence-corrected chi connectivity index (χ2v) is 5.96. The Morgan fingerprint density at radius 1 is 1.22 bits per heavy atom. The molecule has 0 saturated heterocycles. The third-order valence-electron chi connectivity index (χ3n) is 2.96. The Morgan fingerprint density at radius 3 is 2.74 bits per heavy atom. The van der Waals surface area contributed by atoms with Gasteiger partial charge in [0.05, 0.1) is 5.56 Å². The molecule has 1 aromatic heterocycles. The van der Waals surface area contributed by atoms with Crippen LogP contribution >= 0.6 is 27.5 Å². The van der Waals surface area contributed by atoms with Crippen molar-refractivity contribution >= 4 is 33.5 Å². The van der Waals surface area contributed by atoms with Crippen molar-refractivity contribution in [1.82, 2.24) is 10.1 Å². The molecule has 0 spiro atoms. The zero-order valence-electron chi connectivity index (χ0n) is 11.7. The highest BCUT2D eigenvalue weighted by atomic mass is 79.9. The predicted octanol–water partition coefficient (Wildman–Crippen LogP) is 4.51. The summed E-state index contributed by atoms with van der Waals surface area (Å²) in [4.78, 5) is 16.1. The maximum absolute atomic E-state index is 11.9. The summed E-state index contributed by atoms with van der Waals surface area (Å²) < 4.78 is 11.2. The number of hydrogen-bond acceptors (Lipinski definition) is 5. The predicted molar refractivity (Wildman–Crippen MR) is 88.0 cm³/mol. The van der Waals surface area contributed by atoms with Gasteiger partial charge in [-0.1, -0.05) is 38.8 Å². The average Bonchev–Trinajstić information content (AvgIpc) is 3.02. The minimum Gasteiger partial charge on any atom is -0.452 e. The van der Waals surface area contributed by atoms with Crippen molar-refractivity contribution < 1.29 is 14.1 Å². The van der Waals surface area contributed by atoms with Crippen molar-refractivity contribution in [1.29, 1.82) is 0 Å². The Morgan fingerprint density at radius 2 is 2.00 bits per heavy atom.